The normalized spacial score (nSPS) is 10.3. The maximum atomic E-state index is 11.2. The van der Waals surface area contributed by atoms with Gasteiger partial charge in [0.1, 0.15) is 0 Å². The number of unbranched alkanes of at least 4 members (excludes halogenated alkanes) is 15. The van der Waals surface area contributed by atoms with E-state index in [0.29, 0.717) is 24.7 Å². The predicted molar refractivity (Wildman–Crippen MR) is 141 cm³/mol. The molecule has 0 heterocycles. The first-order valence-electron chi connectivity index (χ1n) is 13.5. The molecule has 0 aromatic heterocycles. The quantitative estimate of drug-likeness (QED) is 0.0963. The van der Waals surface area contributed by atoms with Gasteiger partial charge in [-0.2, -0.15) is 0 Å². The lowest BCUT2D eigenvalue weighted by Gasteiger charge is -2.05. The summed E-state index contributed by atoms with van der Waals surface area (Å²) in [5.41, 5.74) is 0.492. The maximum absolute atomic E-state index is 11.2. The predicted octanol–water partition coefficient (Wildman–Crippen LogP) is 8.74. The first kappa shape index (κ1) is 33.6. The smallest absolute Gasteiger partial charge is 0.333 e. The van der Waals surface area contributed by atoms with Gasteiger partial charge in [-0.3, -0.25) is 0 Å². The molecule has 194 valence electrons. The Hall–Kier alpha value is -1.58. The minimum Gasteiger partial charge on any atom is -0.462 e. The van der Waals surface area contributed by atoms with E-state index in [4.69, 9.17) is 9.47 Å². The molecule has 4 nitrogen and oxygen atoms in total. The van der Waals surface area contributed by atoms with Crippen molar-refractivity contribution < 1.29 is 19.1 Å². The zero-order valence-electron chi connectivity index (χ0n) is 22.4. The van der Waals surface area contributed by atoms with Crippen molar-refractivity contribution in [3.05, 3.63) is 24.8 Å². The fraction of sp³-hybridized carbons (Fsp3) is 0.793. The Morgan fingerprint density at radius 3 is 1.45 bits per heavy atom. The van der Waals surface area contributed by atoms with Gasteiger partial charge in [0.2, 0.25) is 0 Å². The van der Waals surface area contributed by atoms with Crippen LogP contribution in [0.15, 0.2) is 24.8 Å². The molecule has 0 aliphatic carbocycles. The highest BCUT2D eigenvalue weighted by Crippen LogP contribution is 2.13. The van der Waals surface area contributed by atoms with Gasteiger partial charge in [-0.05, 0) is 19.3 Å². The molecule has 0 amide bonds. The van der Waals surface area contributed by atoms with Crippen LogP contribution in [0, 0.1) is 5.92 Å². The van der Waals surface area contributed by atoms with E-state index < -0.39 is 0 Å². The zero-order chi connectivity index (χ0) is 25.2. The highest BCUT2D eigenvalue weighted by molar-refractivity contribution is 5.86. The lowest BCUT2D eigenvalue weighted by atomic mass is 10.0. The summed E-state index contributed by atoms with van der Waals surface area (Å²) in [6, 6.07) is 0. The van der Waals surface area contributed by atoms with E-state index in [-0.39, 0.29) is 11.9 Å². The van der Waals surface area contributed by atoms with E-state index in [2.05, 4.69) is 20.1 Å². The van der Waals surface area contributed by atoms with Crippen molar-refractivity contribution in [2.75, 3.05) is 13.2 Å². The maximum Gasteiger partial charge on any atom is 0.333 e. The fourth-order valence-corrected chi connectivity index (χ4v) is 3.25. The number of carbonyl (C=O) groups is 2. The van der Waals surface area contributed by atoms with Gasteiger partial charge in [0.25, 0.3) is 0 Å². The number of carbonyl (C=O) groups excluding carboxylic acids is 2. The SMILES string of the molecule is C=C(C)C(=O)OCCCCCCCCCCCCCCCCCC.C=CC(=O)OCC(C)C. The van der Waals surface area contributed by atoms with Crippen molar-refractivity contribution in [3.63, 3.8) is 0 Å². The molecule has 33 heavy (non-hydrogen) atoms. The minimum absolute atomic E-state index is 0.254. The molecule has 0 bridgehead atoms. The van der Waals surface area contributed by atoms with Crippen LogP contribution in [0.4, 0.5) is 0 Å². The Morgan fingerprint density at radius 1 is 0.727 bits per heavy atom. The summed E-state index contributed by atoms with van der Waals surface area (Å²) in [5, 5.41) is 0. The number of rotatable bonds is 21. The van der Waals surface area contributed by atoms with Crippen LogP contribution in [-0.2, 0) is 19.1 Å². The van der Waals surface area contributed by atoms with E-state index in [1.54, 1.807) is 6.92 Å². The van der Waals surface area contributed by atoms with Crippen molar-refractivity contribution >= 4 is 11.9 Å². The van der Waals surface area contributed by atoms with Crippen LogP contribution in [-0.4, -0.2) is 25.2 Å². The topological polar surface area (TPSA) is 52.6 Å². The molecule has 0 unspecified atom stereocenters. The zero-order valence-corrected chi connectivity index (χ0v) is 22.4. The summed E-state index contributed by atoms with van der Waals surface area (Å²) >= 11 is 0. The lowest BCUT2D eigenvalue weighted by molar-refractivity contribution is -0.139. The second kappa shape index (κ2) is 26.7. The van der Waals surface area contributed by atoms with Crippen LogP contribution >= 0.6 is 0 Å². The van der Waals surface area contributed by atoms with E-state index >= 15 is 0 Å². The Morgan fingerprint density at radius 2 is 1.12 bits per heavy atom. The van der Waals surface area contributed by atoms with Gasteiger partial charge in [0.15, 0.2) is 0 Å². The van der Waals surface area contributed by atoms with Crippen LogP contribution in [0.3, 0.4) is 0 Å². The molecular formula is C29H54O4. The molecule has 0 aromatic carbocycles. The van der Waals surface area contributed by atoms with Crippen molar-refractivity contribution in [3.8, 4) is 0 Å². The average Bonchev–Trinajstić information content (AvgIpc) is 2.79. The van der Waals surface area contributed by atoms with Crippen molar-refractivity contribution in [1.29, 1.82) is 0 Å². The first-order valence-corrected chi connectivity index (χ1v) is 13.5. The van der Waals surface area contributed by atoms with E-state index in [0.717, 1.165) is 6.42 Å². The van der Waals surface area contributed by atoms with Crippen LogP contribution in [0.5, 0.6) is 0 Å². The summed E-state index contributed by atoms with van der Waals surface area (Å²) in [6.45, 7) is 15.8. The van der Waals surface area contributed by atoms with Gasteiger partial charge < -0.3 is 9.47 Å². The highest BCUT2D eigenvalue weighted by Gasteiger charge is 2.01. The van der Waals surface area contributed by atoms with Crippen molar-refractivity contribution in [2.24, 2.45) is 5.92 Å². The highest BCUT2D eigenvalue weighted by atomic mass is 16.5. The number of hydrogen-bond acceptors (Lipinski definition) is 4. The van der Waals surface area contributed by atoms with Crippen LogP contribution < -0.4 is 0 Å². The molecule has 4 heteroatoms. The summed E-state index contributed by atoms with van der Waals surface area (Å²) in [5.74, 6) is -0.200. The lowest BCUT2D eigenvalue weighted by Crippen LogP contribution is -2.06. The van der Waals surface area contributed by atoms with E-state index in [1.165, 1.54) is 102 Å². The number of hydrogen-bond donors (Lipinski definition) is 0. The minimum atomic E-state index is -0.344. The molecule has 0 fully saturated rings. The third kappa shape index (κ3) is 30.4. The second-order valence-corrected chi connectivity index (χ2v) is 9.45. The van der Waals surface area contributed by atoms with Gasteiger partial charge in [0.05, 0.1) is 13.2 Å². The average molecular weight is 467 g/mol. The molecule has 0 rings (SSSR count). The van der Waals surface area contributed by atoms with Crippen molar-refractivity contribution in [1.82, 2.24) is 0 Å². The van der Waals surface area contributed by atoms with Gasteiger partial charge >= 0.3 is 11.9 Å². The van der Waals surface area contributed by atoms with E-state index in [1.807, 2.05) is 13.8 Å². The number of esters is 2. The summed E-state index contributed by atoms with van der Waals surface area (Å²) in [6.07, 6.45) is 22.9. The molecule has 0 saturated carbocycles. The van der Waals surface area contributed by atoms with Gasteiger partial charge in [-0.15, -0.1) is 0 Å². The van der Waals surface area contributed by atoms with E-state index in [9.17, 15) is 9.59 Å². The third-order valence-electron chi connectivity index (χ3n) is 5.31. The molecule has 0 spiro atoms. The Labute approximate surface area is 205 Å². The molecule has 0 aliphatic heterocycles. The Bertz CT molecular complexity index is 482. The summed E-state index contributed by atoms with van der Waals surface area (Å²) in [4.78, 5) is 21.6. The van der Waals surface area contributed by atoms with Gasteiger partial charge in [-0.25, -0.2) is 9.59 Å². The summed E-state index contributed by atoms with van der Waals surface area (Å²) < 4.78 is 9.78. The molecule has 0 N–H and O–H groups in total. The Balaban J connectivity index is 0. The van der Waals surface area contributed by atoms with Crippen molar-refractivity contribution in [2.45, 2.75) is 130 Å². The van der Waals surface area contributed by atoms with Gasteiger partial charge in [0, 0.05) is 11.6 Å². The molecule has 0 saturated heterocycles. The van der Waals surface area contributed by atoms with Crippen LogP contribution in [0.2, 0.25) is 0 Å². The van der Waals surface area contributed by atoms with Crippen LogP contribution in [0.1, 0.15) is 130 Å². The second-order valence-electron chi connectivity index (χ2n) is 9.45. The largest absolute Gasteiger partial charge is 0.462 e. The van der Waals surface area contributed by atoms with Gasteiger partial charge in [-0.1, -0.05) is 130 Å². The molecular weight excluding hydrogens is 412 g/mol. The molecule has 0 atom stereocenters. The monoisotopic (exact) mass is 466 g/mol. The molecule has 0 aromatic rings. The molecule has 0 radical (unpaired) electrons. The van der Waals surface area contributed by atoms with Crippen LogP contribution in [0.25, 0.3) is 0 Å². The molecule has 0 aliphatic rings. The third-order valence-corrected chi connectivity index (χ3v) is 5.31. The fourth-order valence-electron chi connectivity index (χ4n) is 3.25. The summed E-state index contributed by atoms with van der Waals surface area (Å²) in [7, 11) is 0. The number of ether oxygens (including phenoxy) is 2. The standard InChI is InChI=1S/C22H42O2.C7H12O2/c1-4-5-6-7-8-9-10-11-12-13-14-15-16-17-18-19-20-24-22(23)21(2)3;1-4-7(8)9-5-6(2)3/h2,4-20H2,1,3H3;4,6H,1,5H2,2-3H3. The first-order chi connectivity index (χ1) is 15.8. The Kier molecular flexibility index (Phi) is 27.1.